The summed E-state index contributed by atoms with van der Waals surface area (Å²) in [4.78, 5) is 0. The Morgan fingerprint density at radius 1 is 1.13 bits per heavy atom. The van der Waals surface area contributed by atoms with Crippen molar-refractivity contribution in [3.63, 3.8) is 0 Å². The number of hydrogen-bond donors (Lipinski definition) is 0. The van der Waals surface area contributed by atoms with Crippen LogP contribution >= 0.6 is 0 Å². The molecule has 2 aliphatic rings. The minimum atomic E-state index is 0.101. The average molecular weight is 325 g/mol. The van der Waals surface area contributed by atoms with E-state index in [4.69, 9.17) is 14.2 Å². The summed E-state index contributed by atoms with van der Waals surface area (Å²) in [7, 11) is 0. The first-order chi connectivity index (χ1) is 11.3. The van der Waals surface area contributed by atoms with Crippen LogP contribution in [0.1, 0.15) is 77.6 Å². The van der Waals surface area contributed by atoms with Crippen molar-refractivity contribution in [2.45, 2.75) is 89.3 Å². The lowest BCUT2D eigenvalue weighted by Crippen LogP contribution is -2.42. The summed E-state index contributed by atoms with van der Waals surface area (Å²) in [6.07, 6.45) is 16.1. The molecule has 2 rings (SSSR count). The van der Waals surface area contributed by atoms with E-state index in [1.54, 1.807) is 6.26 Å². The molecule has 2 atom stereocenters. The zero-order chi connectivity index (χ0) is 16.4. The standard InChI is InChI=1S/C20H36O3/c1-3-20(23-17-19-16-22-19,18-12-8-7-9-13-18)14-10-5-6-11-15-21-4-2/h4,18-19H,2-3,5-17H2,1H3. The van der Waals surface area contributed by atoms with Crippen molar-refractivity contribution in [1.82, 2.24) is 0 Å². The van der Waals surface area contributed by atoms with E-state index in [0.29, 0.717) is 6.10 Å². The summed E-state index contributed by atoms with van der Waals surface area (Å²) in [5.41, 5.74) is 0.101. The first-order valence-corrected chi connectivity index (χ1v) is 9.79. The van der Waals surface area contributed by atoms with E-state index in [1.807, 2.05) is 0 Å². The molecule has 0 aromatic heterocycles. The van der Waals surface area contributed by atoms with E-state index in [9.17, 15) is 0 Å². The molecule has 23 heavy (non-hydrogen) atoms. The van der Waals surface area contributed by atoms with Crippen molar-refractivity contribution in [1.29, 1.82) is 0 Å². The molecule has 1 saturated heterocycles. The molecule has 1 saturated carbocycles. The summed E-state index contributed by atoms with van der Waals surface area (Å²) >= 11 is 0. The molecule has 1 aliphatic carbocycles. The predicted octanol–water partition coefficient (Wildman–Crippen LogP) is 5.24. The summed E-state index contributed by atoms with van der Waals surface area (Å²) in [5, 5.41) is 0. The maximum atomic E-state index is 6.52. The highest BCUT2D eigenvalue weighted by Gasteiger charge is 2.39. The summed E-state index contributed by atoms with van der Waals surface area (Å²) < 4.78 is 17.1. The van der Waals surface area contributed by atoms with E-state index >= 15 is 0 Å². The van der Waals surface area contributed by atoms with E-state index in [2.05, 4.69) is 13.5 Å². The highest BCUT2D eigenvalue weighted by Crippen LogP contribution is 2.41. The third kappa shape index (κ3) is 6.46. The third-order valence-corrected chi connectivity index (χ3v) is 5.64. The quantitative estimate of drug-likeness (QED) is 0.264. The highest BCUT2D eigenvalue weighted by molar-refractivity contribution is 4.90. The molecular weight excluding hydrogens is 288 g/mol. The first kappa shape index (κ1) is 18.8. The smallest absolute Gasteiger partial charge is 0.104 e. The second-order valence-corrected chi connectivity index (χ2v) is 7.22. The zero-order valence-electron chi connectivity index (χ0n) is 15.1. The largest absolute Gasteiger partial charge is 0.502 e. The van der Waals surface area contributed by atoms with Crippen LogP contribution in [-0.2, 0) is 14.2 Å². The fourth-order valence-electron chi connectivity index (χ4n) is 4.06. The van der Waals surface area contributed by atoms with Crippen LogP contribution in [0.3, 0.4) is 0 Å². The maximum absolute atomic E-state index is 6.52. The van der Waals surface area contributed by atoms with Gasteiger partial charge < -0.3 is 14.2 Å². The molecule has 0 radical (unpaired) electrons. The van der Waals surface area contributed by atoms with Gasteiger partial charge in [-0.05, 0) is 38.0 Å². The second-order valence-electron chi connectivity index (χ2n) is 7.22. The van der Waals surface area contributed by atoms with Crippen LogP contribution < -0.4 is 0 Å². The molecule has 2 unspecified atom stereocenters. The van der Waals surface area contributed by atoms with Crippen LogP contribution in [0.4, 0.5) is 0 Å². The van der Waals surface area contributed by atoms with Crippen LogP contribution in [-0.4, -0.2) is 31.5 Å². The molecule has 1 heterocycles. The average Bonchev–Trinajstić information content (AvgIpc) is 3.42. The van der Waals surface area contributed by atoms with E-state index in [-0.39, 0.29) is 5.60 Å². The molecule has 0 aromatic rings. The number of rotatable bonds is 13. The van der Waals surface area contributed by atoms with Crippen LogP contribution in [0, 0.1) is 5.92 Å². The molecular formula is C20H36O3. The lowest BCUT2D eigenvalue weighted by atomic mass is 9.73. The lowest BCUT2D eigenvalue weighted by molar-refractivity contribution is -0.110. The number of unbranched alkanes of at least 4 members (excludes halogenated alkanes) is 3. The Hall–Kier alpha value is -0.540. The van der Waals surface area contributed by atoms with Gasteiger partial charge >= 0.3 is 0 Å². The Morgan fingerprint density at radius 3 is 2.52 bits per heavy atom. The summed E-state index contributed by atoms with van der Waals surface area (Å²) in [5.74, 6) is 0.754. The van der Waals surface area contributed by atoms with Gasteiger partial charge in [0, 0.05) is 0 Å². The Balaban J connectivity index is 1.77. The van der Waals surface area contributed by atoms with Gasteiger partial charge in [-0.15, -0.1) is 0 Å². The van der Waals surface area contributed by atoms with E-state index in [1.165, 1.54) is 57.8 Å². The summed E-state index contributed by atoms with van der Waals surface area (Å²) in [6, 6.07) is 0. The van der Waals surface area contributed by atoms with Crippen molar-refractivity contribution < 1.29 is 14.2 Å². The van der Waals surface area contributed by atoms with Gasteiger partial charge in [0.25, 0.3) is 0 Å². The van der Waals surface area contributed by atoms with Gasteiger partial charge in [-0.25, -0.2) is 0 Å². The molecule has 0 N–H and O–H groups in total. The van der Waals surface area contributed by atoms with Gasteiger partial charge in [-0.3, -0.25) is 0 Å². The molecule has 134 valence electrons. The zero-order valence-corrected chi connectivity index (χ0v) is 15.1. The van der Waals surface area contributed by atoms with Crippen molar-refractivity contribution >= 4 is 0 Å². The number of epoxide rings is 1. The van der Waals surface area contributed by atoms with Gasteiger partial charge in [0.1, 0.15) is 6.10 Å². The molecule has 2 fully saturated rings. The Morgan fingerprint density at radius 2 is 1.87 bits per heavy atom. The van der Waals surface area contributed by atoms with E-state index < -0.39 is 0 Å². The molecule has 0 amide bonds. The monoisotopic (exact) mass is 324 g/mol. The van der Waals surface area contributed by atoms with Crippen molar-refractivity contribution in [2.75, 3.05) is 19.8 Å². The minimum absolute atomic E-state index is 0.101. The molecule has 0 aromatic carbocycles. The second kappa shape index (κ2) is 10.4. The SMILES string of the molecule is C=COCCCCCCC(CC)(OCC1CO1)C1CCCCC1. The van der Waals surface area contributed by atoms with Gasteiger partial charge in [0.05, 0.1) is 31.7 Å². The van der Waals surface area contributed by atoms with Gasteiger partial charge in [0.15, 0.2) is 0 Å². The molecule has 3 nitrogen and oxygen atoms in total. The van der Waals surface area contributed by atoms with Gasteiger partial charge in [-0.2, -0.15) is 0 Å². The highest BCUT2D eigenvalue weighted by atomic mass is 16.6. The lowest BCUT2D eigenvalue weighted by Gasteiger charge is -2.42. The third-order valence-electron chi connectivity index (χ3n) is 5.64. The molecule has 0 spiro atoms. The topological polar surface area (TPSA) is 31.0 Å². The summed E-state index contributed by atoms with van der Waals surface area (Å²) in [6.45, 7) is 8.41. The molecule has 3 heteroatoms. The van der Waals surface area contributed by atoms with E-state index in [0.717, 1.165) is 38.6 Å². The predicted molar refractivity (Wildman–Crippen MR) is 94.5 cm³/mol. The number of hydrogen-bond acceptors (Lipinski definition) is 3. The Kier molecular flexibility index (Phi) is 8.46. The normalized spacial score (nSPS) is 24.1. The van der Waals surface area contributed by atoms with Crippen LogP contribution in [0.25, 0.3) is 0 Å². The molecule has 0 bridgehead atoms. The molecule has 1 aliphatic heterocycles. The first-order valence-electron chi connectivity index (χ1n) is 9.79. The minimum Gasteiger partial charge on any atom is -0.502 e. The number of ether oxygens (including phenoxy) is 3. The van der Waals surface area contributed by atoms with Crippen molar-refractivity contribution in [3.8, 4) is 0 Å². The fourth-order valence-corrected chi connectivity index (χ4v) is 4.06. The Labute approximate surface area is 142 Å². The van der Waals surface area contributed by atoms with Crippen molar-refractivity contribution in [3.05, 3.63) is 12.8 Å². The van der Waals surface area contributed by atoms with Gasteiger partial charge in [-0.1, -0.05) is 52.0 Å². The van der Waals surface area contributed by atoms with Crippen molar-refractivity contribution in [2.24, 2.45) is 5.92 Å². The van der Waals surface area contributed by atoms with Crippen LogP contribution in [0.15, 0.2) is 12.8 Å². The fraction of sp³-hybridized carbons (Fsp3) is 0.900. The van der Waals surface area contributed by atoms with Crippen LogP contribution in [0.2, 0.25) is 0 Å². The van der Waals surface area contributed by atoms with Gasteiger partial charge in [0.2, 0.25) is 0 Å². The van der Waals surface area contributed by atoms with Crippen LogP contribution in [0.5, 0.6) is 0 Å². The Bertz CT molecular complexity index is 321. The maximum Gasteiger partial charge on any atom is 0.104 e.